The Morgan fingerprint density at radius 3 is 2.39 bits per heavy atom. The van der Waals surface area contributed by atoms with E-state index in [9.17, 15) is 18.0 Å². The van der Waals surface area contributed by atoms with E-state index in [1.807, 2.05) is 42.5 Å². The Morgan fingerprint density at radius 1 is 0.972 bits per heavy atom. The predicted molar refractivity (Wildman–Crippen MR) is 129 cm³/mol. The van der Waals surface area contributed by atoms with Gasteiger partial charge in [-0.25, -0.2) is 4.98 Å². The van der Waals surface area contributed by atoms with Crippen LogP contribution in [0.2, 0.25) is 0 Å². The van der Waals surface area contributed by atoms with E-state index in [-0.39, 0.29) is 11.4 Å². The molecular weight excluding hydrogens is 469 g/mol. The molecule has 0 amide bonds. The first-order chi connectivity index (χ1) is 17.3. The van der Waals surface area contributed by atoms with Crippen molar-refractivity contribution >= 4 is 0 Å². The molecule has 3 heterocycles. The van der Waals surface area contributed by atoms with Crippen LogP contribution >= 0.6 is 0 Å². The largest absolute Gasteiger partial charge is 0.497 e. The van der Waals surface area contributed by atoms with Crippen LogP contribution in [0.1, 0.15) is 22.5 Å². The van der Waals surface area contributed by atoms with Gasteiger partial charge < -0.3 is 9.72 Å². The highest BCUT2D eigenvalue weighted by molar-refractivity contribution is 5.60. The van der Waals surface area contributed by atoms with Gasteiger partial charge in [0.1, 0.15) is 11.6 Å². The van der Waals surface area contributed by atoms with Crippen LogP contribution in [-0.4, -0.2) is 33.5 Å². The predicted octanol–water partition coefficient (Wildman–Crippen LogP) is 5.08. The molecule has 0 aliphatic carbocycles. The average molecular weight is 493 g/mol. The fourth-order valence-electron chi connectivity index (χ4n) is 4.29. The molecule has 0 radical (unpaired) electrons. The van der Waals surface area contributed by atoms with Crippen LogP contribution in [0.3, 0.4) is 0 Å². The van der Waals surface area contributed by atoms with E-state index in [0.717, 1.165) is 34.8 Å². The summed E-state index contributed by atoms with van der Waals surface area (Å²) in [5.74, 6) is 1.05. The number of nitrogens with one attached hydrogen (secondary N) is 1. The number of H-pyrrole nitrogens is 1. The summed E-state index contributed by atoms with van der Waals surface area (Å²) in [5.41, 5.74) is 3.38. The van der Waals surface area contributed by atoms with Crippen molar-refractivity contribution in [2.45, 2.75) is 25.7 Å². The number of hydrogen-bond donors (Lipinski definition) is 1. The average Bonchev–Trinajstić information content (AvgIpc) is 2.89. The van der Waals surface area contributed by atoms with Crippen molar-refractivity contribution in [2.75, 3.05) is 13.7 Å². The van der Waals surface area contributed by atoms with Crippen molar-refractivity contribution in [3.63, 3.8) is 0 Å². The lowest BCUT2D eigenvalue weighted by atomic mass is 10.1. The molecule has 184 valence electrons. The van der Waals surface area contributed by atoms with Crippen LogP contribution in [0.5, 0.6) is 5.75 Å². The number of alkyl halides is 3. The van der Waals surface area contributed by atoms with Crippen molar-refractivity contribution in [1.29, 1.82) is 0 Å². The van der Waals surface area contributed by atoms with Crippen LogP contribution in [0.25, 0.3) is 22.6 Å². The number of methoxy groups -OCH3 is 1. The van der Waals surface area contributed by atoms with Gasteiger partial charge in [-0.3, -0.25) is 14.7 Å². The summed E-state index contributed by atoms with van der Waals surface area (Å²) in [6, 6.07) is 18.2. The number of ether oxygens (including phenoxy) is 1. The maximum atomic E-state index is 12.9. The molecule has 0 saturated carbocycles. The number of aromatic nitrogens is 3. The van der Waals surface area contributed by atoms with E-state index < -0.39 is 11.7 Å². The minimum absolute atomic E-state index is 0.273. The second kappa shape index (κ2) is 9.58. The number of pyridine rings is 1. The summed E-state index contributed by atoms with van der Waals surface area (Å²) in [7, 11) is 1.63. The summed E-state index contributed by atoms with van der Waals surface area (Å²) in [6.07, 6.45) is -3.85. The third-order valence-electron chi connectivity index (χ3n) is 6.21. The topological polar surface area (TPSA) is 71.1 Å². The SMILES string of the molecule is COc1ccc(-c2cccc(CN3CCc4nc(-c5ccc(C(F)(F)F)cc5)[nH]c(=O)c4C3)n2)cc1. The zero-order valence-electron chi connectivity index (χ0n) is 19.5. The summed E-state index contributed by atoms with van der Waals surface area (Å²) in [6.45, 7) is 1.67. The Labute approximate surface area is 205 Å². The third-order valence-corrected chi connectivity index (χ3v) is 6.21. The van der Waals surface area contributed by atoms with Gasteiger partial charge in [-0.15, -0.1) is 0 Å². The zero-order valence-corrected chi connectivity index (χ0v) is 19.5. The van der Waals surface area contributed by atoms with Crippen molar-refractivity contribution < 1.29 is 17.9 Å². The van der Waals surface area contributed by atoms with Crippen molar-refractivity contribution in [3.05, 3.63) is 99.6 Å². The summed E-state index contributed by atoms with van der Waals surface area (Å²) in [5, 5.41) is 0. The molecule has 2 aromatic carbocycles. The lowest BCUT2D eigenvalue weighted by Crippen LogP contribution is -2.35. The molecule has 5 rings (SSSR count). The van der Waals surface area contributed by atoms with Gasteiger partial charge in [0, 0.05) is 37.2 Å². The van der Waals surface area contributed by atoms with Gasteiger partial charge in [0.2, 0.25) is 0 Å². The van der Waals surface area contributed by atoms with Crippen molar-refractivity contribution in [1.82, 2.24) is 19.9 Å². The van der Waals surface area contributed by atoms with Crippen LogP contribution in [0.15, 0.2) is 71.5 Å². The maximum absolute atomic E-state index is 12.9. The lowest BCUT2D eigenvalue weighted by molar-refractivity contribution is -0.137. The fraction of sp³-hybridized carbons (Fsp3) is 0.222. The van der Waals surface area contributed by atoms with E-state index in [0.29, 0.717) is 42.9 Å². The van der Waals surface area contributed by atoms with E-state index in [2.05, 4.69) is 14.9 Å². The minimum Gasteiger partial charge on any atom is -0.497 e. The molecule has 9 heteroatoms. The normalized spacial score (nSPS) is 13.9. The Hall–Kier alpha value is -3.98. The Balaban J connectivity index is 1.32. The first-order valence-corrected chi connectivity index (χ1v) is 11.4. The summed E-state index contributed by atoms with van der Waals surface area (Å²) >= 11 is 0. The fourth-order valence-corrected chi connectivity index (χ4v) is 4.29. The minimum atomic E-state index is -4.41. The van der Waals surface area contributed by atoms with E-state index in [4.69, 9.17) is 9.72 Å². The van der Waals surface area contributed by atoms with Gasteiger partial charge >= 0.3 is 6.18 Å². The monoisotopic (exact) mass is 492 g/mol. The third kappa shape index (κ3) is 5.01. The summed E-state index contributed by atoms with van der Waals surface area (Å²) in [4.78, 5) is 27.1. The molecule has 1 aliphatic rings. The van der Waals surface area contributed by atoms with Crippen LogP contribution in [-0.2, 0) is 25.7 Å². The molecule has 1 N–H and O–H groups in total. The molecule has 0 atom stereocenters. The highest BCUT2D eigenvalue weighted by atomic mass is 19.4. The first kappa shape index (κ1) is 23.7. The van der Waals surface area contributed by atoms with Gasteiger partial charge in [0.25, 0.3) is 5.56 Å². The number of fused-ring (bicyclic) bond motifs is 1. The van der Waals surface area contributed by atoms with Gasteiger partial charge in [-0.2, -0.15) is 13.2 Å². The smallest absolute Gasteiger partial charge is 0.416 e. The van der Waals surface area contributed by atoms with Gasteiger partial charge in [-0.05, 0) is 48.5 Å². The maximum Gasteiger partial charge on any atom is 0.416 e. The second-order valence-electron chi connectivity index (χ2n) is 8.62. The molecule has 6 nitrogen and oxygen atoms in total. The Morgan fingerprint density at radius 2 is 1.69 bits per heavy atom. The van der Waals surface area contributed by atoms with Gasteiger partial charge in [0.15, 0.2) is 0 Å². The number of nitrogens with zero attached hydrogens (tertiary/aromatic N) is 3. The molecule has 2 aromatic heterocycles. The highest BCUT2D eigenvalue weighted by Crippen LogP contribution is 2.30. The standard InChI is InChI=1S/C27H23F3N4O2/c1-36-21-11-7-17(8-12-21)23-4-2-3-20(31-23)15-34-14-13-24-22(16-34)26(35)33-25(32-24)18-5-9-19(10-6-18)27(28,29)30/h2-12H,13-16H2,1H3,(H,32,33,35). The van der Waals surface area contributed by atoms with Crippen LogP contribution in [0, 0.1) is 0 Å². The molecule has 0 spiro atoms. The number of hydrogen-bond acceptors (Lipinski definition) is 5. The second-order valence-corrected chi connectivity index (χ2v) is 8.62. The molecule has 0 bridgehead atoms. The zero-order chi connectivity index (χ0) is 25.3. The van der Waals surface area contributed by atoms with E-state index in [1.54, 1.807) is 7.11 Å². The molecule has 4 aromatic rings. The number of benzene rings is 2. The Bertz CT molecular complexity index is 1430. The quantitative estimate of drug-likeness (QED) is 0.421. The first-order valence-electron chi connectivity index (χ1n) is 11.4. The molecule has 0 saturated heterocycles. The number of aromatic amines is 1. The van der Waals surface area contributed by atoms with Crippen LogP contribution in [0.4, 0.5) is 13.2 Å². The molecule has 36 heavy (non-hydrogen) atoms. The van der Waals surface area contributed by atoms with Gasteiger partial charge in [-0.1, -0.05) is 18.2 Å². The Kier molecular flexibility index (Phi) is 6.32. The molecule has 1 aliphatic heterocycles. The lowest BCUT2D eigenvalue weighted by Gasteiger charge is -2.27. The van der Waals surface area contributed by atoms with Crippen molar-refractivity contribution in [2.24, 2.45) is 0 Å². The molecule has 0 unspecified atom stereocenters. The highest BCUT2D eigenvalue weighted by Gasteiger charge is 2.30. The van der Waals surface area contributed by atoms with Crippen molar-refractivity contribution in [3.8, 4) is 28.4 Å². The number of halogens is 3. The number of rotatable bonds is 5. The molecule has 0 fully saturated rings. The van der Waals surface area contributed by atoms with Crippen LogP contribution < -0.4 is 10.3 Å². The summed E-state index contributed by atoms with van der Waals surface area (Å²) < 4.78 is 43.8. The van der Waals surface area contributed by atoms with Gasteiger partial charge in [0.05, 0.1) is 35.3 Å². The van der Waals surface area contributed by atoms with E-state index >= 15 is 0 Å². The van der Waals surface area contributed by atoms with E-state index in [1.165, 1.54) is 12.1 Å². The molecular formula is C27H23F3N4O2.